The van der Waals surface area contributed by atoms with E-state index in [1.165, 1.54) is 44.5 Å². The molecular formula is C17H29N5. The zero-order chi connectivity index (χ0) is 15.8. The van der Waals surface area contributed by atoms with E-state index in [4.69, 9.17) is 0 Å². The van der Waals surface area contributed by atoms with Crippen molar-refractivity contribution in [3.05, 3.63) is 29.6 Å². The fourth-order valence-electron chi connectivity index (χ4n) is 2.88. The molecule has 2 heterocycles. The summed E-state index contributed by atoms with van der Waals surface area (Å²) in [5, 5.41) is 6.92. The van der Waals surface area contributed by atoms with E-state index in [-0.39, 0.29) is 0 Å². The minimum atomic E-state index is 0.518. The van der Waals surface area contributed by atoms with E-state index in [1.807, 2.05) is 19.3 Å². The van der Waals surface area contributed by atoms with Gasteiger partial charge in [-0.05, 0) is 44.4 Å². The second-order valence-electron chi connectivity index (χ2n) is 5.95. The summed E-state index contributed by atoms with van der Waals surface area (Å²) >= 11 is 0. The van der Waals surface area contributed by atoms with Gasteiger partial charge in [0, 0.05) is 32.4 Å². The zero-order valence-electron chi connectivity index (χ0n) is 14.1. The highest BCUT2D eigenvalue weighted by atomic mass is 15.2. The molecule has 0 aliphatic carbocycles. The topological polar surface area (TPSA) is 52.5 Å². The third kappa shape index (κ3) is 4.98. The number of aromatic nitrogens is 1. The number of nitrogens with one attached hydrogen (secondary N) is 2. The lowest BCUT2D eigenvalue weighted by molar-refractivity contribution is 0.206. The highest BCUT2D eigenvalue weighted by Gasteiger charge is 2.19. The van der Waals surface area contributed by atoms with Crippen LogP contribution in [0, 0.1) is 6.92 Å². The van der Waals surface area contributed by atoms with E-state index < -0.39 is 0 Å². The van der Waals surface area contributed by atoms with Gasteiger partial charge in [0.25, 0.3) is 0 Å². The van der Waals surface area contributed by atoms with Gasteiger partial charge in [0.05, 0.1) is 12.2 Å². The third-order valence-corrected chi connectivity index (χ3v) is 4.23. The van der Waals surface area contributed by atoms with Crippen molar-refractivity contribution >= 4 is 5.96 Å². The Morgan fingerprint density at radius 1 is 1.41 bits per heavy atom. The molecule has 0 unspecified atom stereocenters. The van der Waals surface area contributed by atoms with Crippen LogP contribution in [0.5, 0.6) is 0 Å². The summed E-state index contributed by atoms with van der Waals surface area (Å²) < 4.78 is 0. The van der Waals surface area contributed by atoms with Crippen LogP contribution < -0.4 is 10.6 Å². The average molecular weight is 303 g/mol. The Hall–Kier alpha value is -1.62. The van der Waals surface area contributed by atoms with E-state index in [2.05, 4.69) is 45.4 Å². The van der Waals surface area contributed by atoms with Gasteiger partial charge < -0.3 is 15.5 Å². The normalized spacial score (nSPS) is 17.5. The minimum Gasteiger partial charge on any atom is -0.354 e. The van der Waals surface area contributed by atoms with Crippen LogP contribution in [0.4, 0.5) is 0 Å². The van der Waals surface area contributed by atoms with Gasteiger partial charge in [0.15, 0.2) is 5.96 Å². The fraction of sp³-hybridized carbons (Fsp3) is 0.647. The van der Waals surface area contributed by atoms with E-state index >= 15 is 0 Å². The lowest BCUT2D eigenvalue weighted by atomic mass is 10.1. The second kappa shape index (κ2) is 8.73. The molecule has 1 aliphatic heterocycles. The largest absolute Gasteiger partial charge is 0.354 e. The summed E-state index contributed by atoms with van der Waals surface area (Å²) in [4.78, 5) is 11.3. The number of likely N-dealkylation sites (tertiary alicyclic amines) is 1. The average Bonchev–Trinajstić information content (AvgIpc) is 2.54. The first-order valence-electron chi connectivity index (χ1n) is 8.33. The maximum atomic E-state index is 4.41. The SMILES string of the molecule is CCCN1CCC(NC(=NC)NCc2ncccc2C)CC1. The Balaban J connectivity index is 1.77. The molecule has 1 aromatic heterocycles. The molecule has 5 nitrogen and oxygen atoms in total. The van der Waals surface area contributed by atoms with Crippen LogP contribution in [-0.4, -0.2) is 48.6 Å². The first-order valence-corrected chi connectivity index (χ1v) is 8.33. The van der Waals surface area contributed by atoms with Crippen molar-refractivity contribution in [2.24, 2.45) is 4.99 Å². The number of hydrogen-bond acceptors (Lipinski definition) is 3. The van der Waals surface area contributed by atoms with Crippen molar-refractivity contribution in [3.63, 3.8) is 0 Å². The Morgan fingerprint density at radius 2 is 2.18 bits per heavy atom. The molecule has 0 aromatic carbocycles. The number of rotatable bonds is 5. The highest BCUT2D eigenvalue weighted by molar-refractivity contribution is 5.79. The van der Waals surface area contributed by atoms with Gasteiger partial charge in [-0.25, -0.2) is 0 Å². The van der Waals surface area contributed by atoms with Gasteiger partial charge in [-0.2, -0.15) is 0 Å². The maximum absolute atomic E-state index is 4.41. The second-order valence-corrected chi connectivity index (χ2v) is 5.95. The van der Waals surface area contributed by atoms with Gasteiger partial charge in [-0.15, -0.1) is 0 Å². The zero-order valence-corrected chi connectivity index (χ0v) is 14.1. The lowest BCUT2D eigenvalue weighted by Gasteiger charge is -2.32. The van der Waals surface area contributed by atoms with Crippen molar-refractivity contribution in [2.75, 3.05) is 26.7 Å². The summed E-state index contributed by atoms with van der Waals surface area (Å²) in [6.07, 6.45) is 5.45. The Kier molecular flexibility index (Phi) is 6.65. The molecular weight excluding hydrogens is 274 g/mol. The molecule has 1 saturated heterocycles. The first kappa shape index (κ1) is 16.7. The van der Waals surface area contributed by atoms with E-state index in [0.29, 0.717) is 12.6 Å². The van der Waals surface area contributed by atoms with Crippen molar-refractivity contribution < 1.29 is 0 Å². The lowest BCUT2D eigenvalue weighted by Crippen LogP contribution is -2.48. The molecule has 1 aliphatic rings. The summed E-state index contributed by atoms with van der Waals surface area (Å²) in [5.74, 6) is 0.874. The first-order chi connectivity index (χ1) is 10.7. The Morgan fingerprint density at radius 3 is 2.82 bits per heavy atom. The number of piperidine rings is 1. The van der Waals surface area contributed by atoms with E-state index in [9.17, 15) is 0 Å². The molecule has 0 amide bonds. The van der Waals surface area contributed by atoms with Crippen molar-refractivity contribution in [2.45, 2.75) is 45.7 Å². The van der Waals surface area contributed by atoms with Gasteiger partial charge in [-0.3, -0.25) is 9.98 Å². The quantitative estimate of drug-likeness (QED) is 0.645. The van der Waals surface area contributed by atoms with Crippen LogP contribution in [0.2, 0.25) is 0 Å². The van der Waals surface area contributed by atoms with Crippen molar-refractivity contribution in [1.29, 1.82) is 0 Å². The number of guanidine groups is 1. The smallest absolute Gasteiger partial charge is 0.191 e. The standard InChI is InChI=1S/C17H29N5/c1-4-10-22-11-7-15(8-12-22)21-17(18-3)20-13-16-14(2)6-5-9-19-16/h5-6,9,15H,4,7-8,10-13H2,1-3H3,(H2,18,20,21). The minimum absolute atomic E-state index is 0.518. The van der Waals surface area contributed by atoms with Crippen LogP contribution >= 0.6 is 0 Å². The van der Waals surface area contributed by atoms with Crippen LogP contribution in [0.15, 0.2) is 23.3 Å². The highest BCUT2D eigenvalue weighted by Crippen LogP contribution is 2.10. The predicted octanol–water partition coefficient (Wildman–Crippen LogP) is 1.93. The molecule has 1 aromatic rings. The van der Waals surface area contributed by atoms with E-state index in [0.717, 1.165) is 11.7 Å². The van der Waals surface area contributed by atoms with Gasteiger partial charge in [0.1, 0.15) is 0 Å². The Bertz CT molecular complexity index is 478. The fourth-order valence-corrected chi connectivity index (χ4v) is 2.88. The molecule has 5 heteroatoms. The monoisotopic (exact) mass is 303 g/mol. The molecule has 122 valence electrons. The number of aliphatic imine (C=N–C) groups is 1. The van der Waals surface area contributed by atoms with Crippen LogP contribution in [0.25, 0.3) is 0 Å². The molecule has 0 spiro atoms. The van der Waals surface area contributed by atoms with Crippen molar-refractivity contribution in [3.8, 4) is 0 Å². The molecule has 22 heavy (non-hydrogen) atoms. The number of hydrogen-bond donors (Lipinski definition) is 2. The number of pyridine rings is 1. The third-order valence-electron chi connectivity index (χ3n) is 4.23. The van der Waals surface area contributed by atoms with Crippen LogP contribution in [0.1, 0.15) is 37.4 Å². The van der Waals surface area contributed by atoms with Gasteiger partial charge >= 0.3 is 0 Å². The molecule has 0 radical (unpaired) electrons. The summed E-state index contributed by atoms with van der Waals surface area (Å²) in [6.45, 7) is 8.63. The molecule has 1 fully saturated rings. The van der Waals surface area contributed by atoms with E-state index in [1.54, 1.807) is 0 Å². The van der Waals surface area contributed by atoms with Crippen molar-refractivity contribution in [1.82, 2.24) is 20.5 Å². The molecule has 2 rings (SSSR count). The Labute approximate surface area is 134 Å². The predicted molar refractivity (Wildman–Crippen MR) is 92.1 cm³/mol. The van der Waals surface area contributed by atoms with Crippen LogP contribution in [-0.2, 0) is 6.54 Å². The molecule has 2 N–H and O–H groups in total. The molecule has 0 atom stereocenters. The summed E-state index contributed by atoms with van der Waals surface area (Å²) in [6, 6.07) is 4.57. The van der Waals surface area contributed by atoms with Crippen LogP contribution in [0.3, 0.4) is 0 Å². The summed E-state index contributed by atoms with van der Waals surface area (Å²) in [5.41, 5.74) is 2.28. The van der Waals surface area contributed by atoms with Gasteiger partial charge in [0.2, 0.25) is 0 Å². The molecule has 0 bridgehead atoms. The number of aryl methyl sites for hydroxylation is 1. The summed E-state index contributed by atoms with van der Waals surface area (Å²) in [7, 11) is 1.83. The van der Waals surface area contributed by atoms with Gasteiger partial charge in [-0.1, -0.05) is 13.0 Å². The molecule has 0 saturated carbocycles. The number of nitrogens with zero attached hydrogens (tertiary/aromatic N) is 3. The maximum Gasteiger partial charge on any atom is 0.191 e.